The third-order valence-corrected chi connectivity index (χ3v) is 8.20. The lowest BCUT2D eigenvalue weighted by molar-refractivity contribution is -0.0530. The van der Waals surface area contributed by atoms with E-state index in [2.05, 4.69) is 40.7 Å². The number of hydrogen-bond donors (Lipinski definition) is 0. The van der Waals surface area contributed by atoms with E-state index in [1.807, 2.05) is 0 Å². The maximum atomic E-state index is 6.89. The van der Waals surface area contributed by atoms with E-state index in [-0.39, 0.29) is 6.29 Å². The molecule has 1 aromatic heterocycles. The molecule has 3 heterocycles. The number of likely N-dealkylation sites (tertiary alicyclic amines) is 1. The quantitative estimate of drug-likeness (QED) is 0.491. The molecule has 1 aromatic carbocycles. The molecule has 0 N–H and O–H groups in total. The van der Waals surface area contributed by atoms with Gasteiger partial charge in [-0.15, -0.1) is 0 Å². The molecular weight excluding hydrogens is 434 g/mol. The highest BCUT2D eigenvalue weighted by atomic mass is 35.5. The molecule has 5 nitrogen and oxygen atoms in total. The van der Waals surface area contributed by atoms with Crippen LogP contribution in [0.5, 0.6) is 0 Å². The zero-order valence-corrected chi connectivity index (χ0v) is 20.7. The van der Waals surface area contributed by atoms with Crippen molar-refractivity contribution in [1.82, 2.24) is 14.5 Å². The van der Waals surface area contributed by atoms with Crippen LogP contribution in [0.15, 0.2) is 24.3 Å². The second kappa shape index (κ2) is 10.9. The Morgan fingerprint density at radius 1 is 1.00 bits per heavy atom. The molecule has 3 aliphatic rings. The Labute approximate surface area is 203 Å². The molecule has 180 valence electrons. The lowest BCUT2D eigenvalue weighted by Crippen LogP contribution is -2.44. The van der Waals surface area contributed by atoms with Gasteiger partial charge in [0.1, 0.15) is 5.82 Å². The largest absolute Gasteiger partial charge is 0.348 e. The van der Waals surface area contributed by atoms with Crippen LogP contribution in [0.2, 0.25) is 5.15 Å². The van der Waals surface area contributed by atoms with E-state index in [9.17, 15) is 0 Å². The number of nitrogens with zero attached hydrogens (tertiary/aromatic N) is 3. The van der Waals surface area contributed by atoms with Gasteiger partial charge in [0.15, 0.2) is 11.4 Å². The average molecular weight is 472 g/mol. The smallest absolute Gasteiger partial charge is 0.175 e. The lowest BCUT2D eigenvalue weighted by Gasteiger charge is -2.42. The van der Waals surface area contributed by atoms with Crippen molar-refractivity contribution in [3.05, 3.63) is 40.7 Å². The summed E-state index contributed by atoms with van der Waals surface area (Å²) in [5, 5.41) is 0.627. The van der Waals surface area contributed by atoms with Gasteiger partial charge in [-0.1, -0.05) is 68.5 Å². The summed E-state index contributed by atoms with van der Waals surface area (Å²) < 4.78 is 14.0. The first-order valence-electron chi connectivity index (χ1n) is 13.0. The summed E-state index contributed by atoms with van der Waals surface area (Å²) in [5.74, 6) is 1.77. The van der Waals surface area contributed by atoms with Crippen molar-refractivity contribution in [1.29, 1.82) is 0 Å². The molecule has 2 aromatic rings. The predicted octanol–water partition coefficient (Wildman–Crippen LogP) is 6.07. The molecule has 0 spiro atoms. The van der Waals surface area contributed by atoms with Crippen molar-refractivity contribution in [3.63, 3.8) is 0 Å². The number of ether oxygens (including phenoxy) is 2. The number of benzene rings is 1. The Hall–Kier alpha value is -1.40. The molecule has 5 rings (SSSR count). The number of imidazole rings is 1. The number of aromatic nitrogens is 2. The third-order valence-electron chi connectivity index (χ3n) is 7.90. The molecule has 33 heavy (non-hydrogen) atoms. The van der Waals surface area contributed by atoms with Gasteiger partial charge in [0.05, 0.1) is 25.5 Å². The fourth-order valence-corrected chi connectivity index (χ4v) is 6.42. The summed E-state index contributed by atoms with van der Waals surface area (Å²) in [6, 6.07) is 9.22. The van der Waals surface area contributed by atoms with E-state index >= 15 is 0 Å². The Bertz CT molecular complexity index is 918. The highest BCUT2D eigenvalue weighted by Gasteiger charge is 2.33. The Morgan fingerprint density at radius 3 is 2.55 bits per heavy atom. The Morgan fingerprint density at radius 2 is 1.76 bits per heavy atom. The molecule has 0 radical (unpaired) electrons. The van der Waals surface area contributed by atoms with E-state index in [0.29, 0.717) is 31.0 Å². The van der Waals surface area contributed by atoms with Crippen LogP contribution < -0.4 is 0 Å². The maximum Gasteiger partial charge on any atom is 0.175 e. The molecule has 6 heteroatoms. The molecule has 1 unspecified atom stereocenters. The highest BCUT2D eigenvalue weighted by molar-refractivity contribution is 6.30. The number of piperidine rings is 1. The Balaban J connectivity index is 1.48. The van der Waals surface area contributed by atoms with Gasteiger partial charge in [0, 0.05) is 18.2 Å². The van der Waals surface area contributed by atoms with Gasteiger partial charge in [0.25, 0.3) is 0 Å². The van der Waals surface area contributed by atoms with Crippen molar-refractivity contribution < 1.29 is 9.47 Å². The summed E-state index contributed by atoms with van der Waals surface area (Å²) in [5.41, 5.74) is 3.56. The first kappa shape index (κ1) is 23.3. The van der Waals surface area contributed by atoms with E-state index in [4.69, 9.17) is 26.1 Å². The molecule has 0 amide bonds. The minimum absolute atomic E-state index is 0.239. The van der Waals surface area contributed by atoms with Crippen molar-refractivity contribution in [2.45, 2.75) is 90.1 Å². The van der Waals surface area contributed by atoms with Crippen LogP contribution in [0.1, 0.15) is 69.5 Å². The lowest BCUT2D eigenvalue weighted by atomic mass is 9.80. The molecule has 1 aliphatic carbocycles. The van der Waals surface area contributed by atoms with Crippen LogP contribution >= 0.6 is 11.6 Å². The first-order valence-corrected chi connectivity index (χ1v) is 13.4. The van der Waals surface area contributed by atoms with Crippen molar-refractivity contribution in [2.75, 3.05) is 19.8 Å². The summed E-state index contributed by atoms with van der Waals surface area (Å²) in [7, 11) is 0. The number of rotatable bonds is 7. The van der Waals surface area contributed by atoms with Gasteiger partial charge in [-0.05, 0) is 50.1 Å². The maximum absolute atomic E-state index is 6.89. The molecule has 1 saturated carbocycles. The summed E-state index contributed by atoms with van der Waals surface area (Å²) in [4.78, 5) is 7.64. The zero-order valence-electron chi connectivity index (χ0n) is 20.0. The molecule has 2 aliphatic heterocycles. The van der Waals surface area contributed by atoms with Crippen LogP contribution in [0.3, 0.4) is 0 Å². The SMILES string of the molecule is CCc1ccccc1-c1nc(Cl)c(CN2CCCCC2C2CCCCC2)n1CC1OCCO1. The van der Waals surface area contributed by atoms with E-state index < -0.39 is 0 Å². The molecule has 1 atom stereocenters. The van der Waals surface area contributed by atoms with Crippen LogP contribution in [0.4, 0.5) is 0 Å². The average Bonchev–Trinajstić information content (AvgIpc) is 3.49. The van der Waals surface area contributed by atoms with E-state index in [1.54, 1.807) is 0 Å². The monoisotopic (exact) mass is 471 g/mol. The fraction of sp³-hybridized carbons (Fsp3) is 0.667. The Kier molecular flexibility index (Phi) is 7.71. The summed E-state index contributed by atoms with van der Waals surface area (Å²) >= 11 is 6.89. The molecule has 0 bridgehead atoms. The van der Waals surface area contributed by atoms with Gasteiger partial charge < -0.3 is 14.0 Å². The first-order chi connectivity index (χ1) is 16.2. The second-order valence-electron chi connectivity index (χ2n) is 9.90. The van der Waals surface area contributed by atoms with E-state index in [0.717, 1.165) is 42.5 Å². The molecule has 2 saturated heterocycles. The van der Waals surface area contributed by atoms with Gasteiger partial charge in [-0.2, -0.15) is 0 Å². The number of hydrogen-bond acceptors (Lipinski definition) is 4. The summed E-state index contributed by atoms with van der Waals surface area (Å²) in [6.45, 7) is 6.14. The normalized spacial score (nSPS) is 23.4. The van der Waals surface area contributed by atoms with Gasteiger partial charge >= 0.3 is 0 Å². The third kappa shape index (κ3) is 5.17. The topological polar surface area (TPSA) is 39.5 Å². The van der Waals surface area contributed by atoms with Gasteiger partial charge in [0.2, 0.25) is 0 Å². The van der Waals surface area contributed by atoms with Crippen molar-refractivity contribution in [3.8, 4) is 11.4 Å². The fourth-order valence-electron chi connectivity index (χ4n) is 6.18. The zero-order chi connectivity index (χ0) is 22.6. The van der Waals surface area contributed by atoms with Gasteiger partial charge in [-0.3, -0.25) is 4.90 Å². The number of halogens is 1. The van der Waals surface area contributed by atoms with Crippen molar-refractivity contribution >= 4 is 11.6 Å². The minimum atomic E-state index is -0.239. The molecule has 3 fully saturated rings. The number of aryl methyl sites for hydroxylation is 1. The van der Waals surface area contributed by atoms with Crippen LogP contribution in [-0.4, -0.2) is 46.5 Å². The van der Waals surface area contributed by atoms with Gasteiger partial charge in [-0.25, -0.2) is 4.98 Å². The van der Waals surface area contributed by atoms with Crippen LogP contribution in [-0.2, 0) is 29.0 Å². The van der Waals surface area contributed by atoms with Crippen molar-refractivity contribution in [2.24, 2.45) is 5.92 Å². The predicted molar refractivity (Wildman–Crippen MR) is 132 cm³/mol. The van der Waals surface area contributed by atoms with Crippen LogP contribution in [0.25, 0.3) is 11.4 Å². The molecular formula is C27H38ClN3O2. The van der Waals surface area contributed by atoms with E-state index in [1.165, 1.54) is 56.9 Å². The second-order valence-corrected chi connectivity index (χ2v) is 10.3. The highest BCUT2D eigenvalue weighted by Crippen LogP contribution is 2.36. The standard InChI is InChI=1S/C27H38ClN3O2/c1-2-20-10-6-7-13-22(20)27-29-26(28)24(31(27)19-25-32-16-17-33-25)18-30-15-9-8-14-23(30)21-11-4-3-5-12-21/h6-7,10,13,21,23,25H,2-5,8-9,11-12,14-19H2,1H3. The summed E-state index contributed by atoms with van der Waals surface area (Å²) in [6.07, 6.45) is 11.6. The van der Waals surface area contributed by atoms with Crippen LogP contribution in [0, 0.1) is 5.92 Å². The minimum Gasteiger partial charge on any atom is -0.348 e.